The van der Waals surface area contributed by atoms with Crippen LogP contribution in [-0.2, 0) is 11.2 Å². The Bertz CT molecular complexity index is 366. The van der Waals surface area contributed by atoms with Gasteiger partial charge in [-0.05, 0) is 13.8 Å². The molecule has 5 heteroatoms. The summed E-state index contributed by atoms with van der Waals surface area (Å²) in [4.78, 5) is 19.0. The van der Waals surface area contributed by atoms with Gasteiger partial charge in [0.05, 0.1) is 0 Å². The van der Waals surface area contributed by atoms with Crippen LogP contribution in [0.2, 0.25) is 0 Å². The number of carboxylic acids is 1. The Hall–Kier alpha value is -1.65. The van der Waals surface area contributed by atoms with Crippen molar-refractivity contribution in [2.24, 2.45) is 0 Å². The van der Waals surface area contributed by atoms with Crippen molar-refractivity contribution in [3.8, 4) is 0 Å². The van der Waals surface area contributed by atoms with Crippen molar-refractivity contribution in [2.75, 3.05) is 5.32 Å². The molecule has 1 aromatic rings. The SMILES string of the molecule is CCc1nc(C)cc(N[C@H](C)C(=O)O)n1. The van der Waals surface area contributed by atoms with Crippen LogP contribution in [0.1, 0.15) is 25.4 Å². The van der Waals surface area contributed by atoms with Crippen molar-refractivity contribution < 1.29 is 9.90 Å². The van der Waals surface area contributed by atoms with E-state index in [1.54, 1.807) is 13.0 Å². The molecule has 0 aromatic carbocycles. The van der Waals surface area contributed by atoms with Crippen LogP contribution in [0.4, 0.5) is 5.82 Å². The fourth-order valence-corrected chi connectivity index (χ4v) is 1.15. The van der Waals surface area contributed by atoms with Gasteiger partial charge in [-0.15, -0.1) is 0 Å². The summed E-state index contributed by atoms with van der Waals surface area (Å²) in [7, 11) is 0. The standard InChI is InChI=1S/C10H15N3O2/c1-4-8-11-6(2)5-9(13-8)12-7(3)10(14)15/h5,7H,4H2,1-3H3,(H,14,15)(H,11,12,13)/t7-/m1/s1. The van der Waals surface area contributed by atoms with Crippen molar-refractivity contribution in [1.82, 2.24) is 9.97 Å². The van der Waals surface area contributed by atoms with E-state index >= 15 is 0 Å². The lowest BCUT2D eigenvalue weighted by Gasteiger charge is -2.11. The van der Waals surface area contributed by atoms with Crippen molar-refractivity contribution in [3.05, 3.63) is 17.6 Å². The van der Waals surface area contributed by atoms with Crippen molar-refractivity contribution in [3.63, 3.8) is 0 Å². The third kappa shape index (κ3) is 3.19. The molecule has 1 atom stereocenters. The molecular formula is C10H15N3O2. The maximum atomic E-state index is 10.6. The predicted molar refractivity (Wildman–Crippen MR) is 56.9 cm³/mol. The second-order valence-corrected chi connectivity index (χ2v) is 3.37. The third-order valence-corrected chi connectivity index (χ3v) is 1.95. The van der Waals surface area contributed by atoms with E-state index in [4.69, 9.17) is 5.11 Å². The average molecular weight is 209 g/mol. The molecule has 2 N–H and O–H groups in total. The minimum absolute atomic E-state index is 0.564. The normalized spacial score (nSPS) is 12.2. The number of aromatic nitrogens is 2. The molecule has 0 radical (unpaired) electrons. The summed E-state index contributed by atoms with van der Waals surface area (Å²) in [6.07, 6.45) is 0.734. The first-order valence-electron chi connectivity index (χ1n) is 4.86. The molecule has 15 heavy (non-hydrogen) atoms. The van der Waals surface area contributed by atoms with Gasteiger partial charge in [0.1, 0.15) is 17.7 Å². The van der Waals surface area contributed by atoms with E-state index in [0.717, 1.165) is 17.9 Å². The Labute approximate surface area is 88.6 Å². The summed E-state index contributed by atoms with van der Waals surface area (Å²) in [5, 5.41) is 11.5. The first-order valence-corrected chi connectivity index (χ1v) is 4.86. The molecule has 0 unspecified atom stereocenters. The summed E-state index contributed by atoms with van der Waals surface area (Å²) in [6.45, 7) is 5.39. The smallest absolute Gasteiger partial charge is 0.325 e. The molecule has 0 fully saturated rings. The third-order valence-electron chi connectivity index (χ3n) is 1.95. The lowest BCUT2D eigenvalue weighted by Crippen LogP contribution is -2.26. The molecule has 1 aromatic heterocycles. The minimum atomic E-state index is -0.899. The van der Waals surface area contributed by atoms with Crippen LogP contribution < -0.4 is 5.32 Å². The van der Waals surface area contributed by atoms with Crippen LogP contribution in [-0.4, -0.2) is 27.1 Å². The number of hydrogen-bond donors (Lipinski definition) is 2. The number of nitrogens with one attached hydrogen (secondary N) is 1. The highest BCUT2D eigenvalue weighted by molar-refractivity contribution is 5.76. The minimum Gasteiger partial charge on any atom is -0.480 e. The maximum Gasteiger partial charge on any atom is 0.325 e. The maximum absolute atomic E-state index is 10.6. The topological polar surface area (TPSA) is 75.1 Å². The summed E-state index contributed by atoms with van der Waals surface area (Å²) in [5.74, 6) is 0.383. The zero-order chi connectivity index (χ0) is 11.4. The number of hydrogen-bond acceptors (Lipinski definition) is 4. The van der Waals surface area contributed by atoms with E-state index in [9.17, 15) is 4.79 Å². The van der Waals surface area contributed by atoms with E-state index in [-0.39, 0.29) is 0 Å². The molecule has 1 heterocycles. The van der Waals surface area contributed by atoms with Gasteiger partial charge in [-0.3, -0.25) is 4.79 Å². The first kappa shape index (κ1) is 11.4. The average Bonchev–Trinajstić information content (AvgIpc) is 2.16. The van der Waals surface area contributed by atoms with Gasteiger partial charge in [0.15, 0.2) is 0 Å². The number of aliphatic carboxylic acids is 1. The number of aryl methyl sites for hydroxylation is 2. The Balaban J connectivity index is 2.85. The van der Waals surface area contributed by atoms with Gasteiger partial charge < -0.3 is 10.4 Å². The van der Waals surface area contributed by atoms with Gasteiger partial charge in [0.2, 0.25) is 0 Å². The number of rotatable bonds is 4. The van der Waals surface area contributed by atoms with Crippen LogP contribution in [0.15, 0.2) is 6.07 Å². The number of carboxylic acid groups (broad SMARTS) is 1. The van der Waals surface area contributed by atoms with E-state index in [2.05, 4.69) is 15.3 Å². The van der Waals surface area contributed by atoms with Crippen LogP contribution in [0.25, 0.3) is 0 Å². The Morgan fingerprint density at radius 1 is 1.60 bits per heavy atom. The van der Waals surface area contributed by atoms with E-state index < -0.39 is 12.0 Å². The highest BCUT2D eigenvalue weighted by atomic mass is 16.4. The molecule has 82 valence electrons. The lowest BCUT2D eigenvalue weighted by molar-refractivity contribution is -0.137. The van der Waals surface area contributed by atoms with Crippen LogP contribution >= 0.6 is 0 Å². The molecule has 0 aliphatic heterocycles. The van der Waals surface area contributed by atoms with Crippen molar-refractivity contribution in [2.45, 2.75) is 33.2 Å². The summed E-state index contributed by atoms with van der Waals surface area (Å²) >= 11 is 0. The van der Waals surface area contributed by atoms with Crippen LogP contribution in [0.5, 0.6) is 0 Å². The van der Waals surface area contributed by atoms with Crippen molar-refractivity contribution >= 4 is 11.8 Å². The highest BCUT2D eigenvalue weighted by Gasteiger charge is 2.11. The van der Waals surface area contributed by atoms with E-state index in [1.165, 1.54) is 0 Å². The molecule has 0 spiro atoms. The molecule has 0 saturated carbocycles. The molecular weight excluding hydrogens is 194 g/mol. The van der Waals surface area contributed by atoms with Gasteiger partial charge in [0, 0.05) is 18.2 Å². The van der Waals surface area contributed by atoms with Crippen molar-refractivity contribution in [1.29, 1.82) is 0 Å². The predicted octanol–water partition coefficient (Wildman–Crippen LogP) is 1.23. The van der Waals surface area contributed by atoms with Crippen LogP contribution in [0.3, 0.4) is 0 Å². The van der Waals surface area contributed by atoms with Gasteiger partial charge in [0.25, 0.3) is 0 Å². The Morgan fingerprint density at radius 2 is 2.27 bits per heavy atom. The summed E-state index contributed by atoms with van der Waals surface area (Å²) in [6, 6.07) is 1.09. The lowest BCUT2D eigenvalue weighted by atomic mass is 10.3. The number of anilines is 1. The number of carbonyl (C=O) groups is 1. The molecule has 0 bridgehead atoms. The molecule has 1 rings (SSSR count). The van der Waals surface area contributed by atoms with E-state index in [0.29, 0.717) is 5.82 Å². The molecule has 0 aliphatic carbocycles. The molecule has 0 amide bonds. The molecule has 0 saturated heterocycles. The summed E-state index contributed by atoms with van der Waals surface area (Å²) in [5.41, 5.74) is 0.835. The fourth-order valence-electron chi connectivity index (χ4n) is 1.15. The molecule has 0 aliphatic rings. The van der Waals surface area contributed by atoms with Gasteiger partial charge >= 0.3 is 5.97 Å². The van der Waals surface area contributed by atoms with Gasteiger partial charge in [-0.2, -0.15) is 0 Å². The first-order chi connectivity index (χ1) is 7.02. The quantitative estimate of drug-likeness (QED) is 0.780. The molecule has 5 nitrogen and oxygen atoms in total. The summed E-state index contributed by atoms with van der Waals surface area (Å²) < 4.78 is 0. The Morgan fingerprint density at radius 3 is 2.80 bits per heavy atom. The fraction of sp³-hybridized carbons (Fsp3) is 0.500. The Kier molecular flexibility index (Phi) is 3.60. The monoisotopic (exact) mass is 209 g/mol. The van der Waals surface area contributed by atoms with Gasteiger partial charge in [-0.1, -0.05) is 6.92 Å². The second kappa shape index (κ2) is 4.72. The highest BCUT2D eigenvalue weighted by Crippen LogP contribution is 2.08. The zero-order valence-corrected chi connectivity index (χ0v) is 9.11. The largest absolute Gasteiger partial charge is 0.480 e. The van der Waals surface area contributed by atoms with Gasteiger partial charge in [-0.25, -0.2) is 9.97 Å². The zero-order valence-electron chi connectivity index (χ0n) is 9.11. The second-order valence-electron chi connectivity index (χ2n) is 3.37. The van der Waals surface area contributed by atoms with Crippen LogP contribution in [0, 0.1) is 6.92 Å². The number of nitrogens with zero attached hydrogens (tertiary/aromatic N) is 2. The van der Waals surface area contributed by atoms with E-state index in [1.807, 2.05) is 13.8 Å².